The van der Waals surface area contributed by atoms with Gasteiger partial charge in [-0.2, -0.15) is 0 Å². The number of hydrogen-bond donors (Lipinski definition) is 0. The summed E-state index contributed by atoms with van der Waals surface area (Å²) in [6.07, 6.45) is 0. The van der Waals surface area contributed by atoms with Gasteiger partial charge in [0.05, 0.1) is 0 Å². The molecule has 0 heteroatoms. The summed E-state index contributed by atoms with van der Waals surface area (Å²) in [6, 6.07) is 83.9. The van der Waals surface area contributed by atoms with E-state index < -0.39 is 0 Å². The van der Waals surface area contributed by atoms with Gasteiger partial charge in [-0.05, 0) is 170 Å². The maximum absolute atomic E-state index is 2.48. The summed E-state index contributed by atoms with van der Waals surface area (Å²) in [7, 11) is 0. The molecule has 0 saturated heterocycles. The van der Waals surface area contributed by atoms with Gasteiger partial charge >= 0.3 is 0 Å². The van der Waals surface area contributed by atoms with Crippen LogP contribution in [0.25, 0.3) is 110 Å². The monoisotopic (exact) mass is 784 g/mol. The predicted octanol–water partition coefficient (Wildman–Crippen LogP) is 16.8. The molecule has 13 rings (SSSR count). The second-order valence-corrected chi connectivity index (χ2v) is 17.3. The molecule has 2 aliphatic carbocycles. The molecule has 0 amide bonds. The zero-order valence-electron chi connectivity index (χ0n) is 34.4. The highest BCUT2D eigenvalue weighted by molar-refractivity contribution is 6.27. The van der Waals surface area contributed by atoms with E-state index in [2.05, 4.69) is 231 Å². The van der Waals surface area contributed by atoms with Crippen molar-refractivity contribution >= 4 is 32.3 Å². The van der Waals surface area contributed by atoms with Gasteiger partial charge in [-0.3, -0.25) is 0 Å². The van der Waals surface area contributed by atoms with Gasteiger partial charge in [-0.25, -0.2) is 0 Å². The summed E-state index contributed by atoms with van der Waals surface area (Å²) in [5.74, 6) is 0. The Bertz CT molecular complexity index is 3610. The van der Waals surface area contributed by atoms with E-state index in [9.17, 15) is 0 Å². The van der Waals surface area contributed by atoms with Crippen LogP contribution in [0.4, 0.5) is 0 Å². The van der Waals surface area contributed by atoms with Crippen molar-refractivity contribution in [2.24, 2.45) is 0 Å². The van der Waals surface area contributed by atoms with E-state index in [1.807, 2.05) is 0 Å². The molecule has 0 aliphatic heterocycles. The molecular formula is C62H40. The Hall–Kier alpha value is -7.80. The number of hydrogen-bond acceptors (Lipinski definition) is 0. The van der Waals surface area contributed by atoms with E-state index in [-0.39, 0.29) is 5.41 Å². The normalized spacial score (nSPS) is 14.6. The Morgan fingerprint density at radius 1 is 0.274 bits per heavy atom. The molecule has 1 unspecified atom stereocenters. The summed E-state index contributed by atoms with van der Waals surface area (Å²) < 4.78 is 0. The lowest BCUT2D eigenvalue weighted by Gasteiger charge is -2.28. The van der Waals surface area contributed by atoms with E-state index in [0.717, 1.165) is 0 Å². The summed E-state index contributed by atoms with van der Waals surface area (Å²) in [5, 5.41) is 7.66. The molecule has 0 heterocycles. The quantitative estimate of drug-likeness (QED) is 0.163. The second kappa shape index (κ2) is 13.4. The van der Waals surface area contributed by atoms with Gasteiger partial charge in [0.25, 0.3) is 0 Å². The fourth-order valence-electron chi connectivity index (χ4n) is 11.2. The third kappa shape index (κ3) is 5.01. The molecule has 62 heavy (non-hydrogen) atoms. The van der Waals surface area contributed by atoms with Crippen LogP contribution in [0.2, 0.25) is 0 Å². The van der Waals surface area contributed by atoms with E-state index in [1.54, 1.807) is 0 Å². The molecule has 11 aromatic rings. The first-order chi connectivity index (χ1) is 30.6. The first-order valence-corrected chi connectivity index (χ1v) is 21.7. The number of fused-ring (bicyclic) bond motifs is 8. The van der Waals surface area contributed by atoms with Gasteiger partial charge in [0, 0.05) is 5.41 Å². The van der Waals surface area contributed by atoms with E-state index in [1.165, 1.54) is 127 Å². The number of benzene rings is 11. The minimum absolute atomic E-state index is 0.258. The number of rotatable bonds is 5. The Morgan fingerprint density at radius 2 is 0.823 bits per heavy atom. The predicted molar refractivity (Wildman–Crippen MR) is 263 cm³/mol. The van der Waals surface area contributed by atoms with Crippen LogP contribution in [0.15, 0.2) is 224 Å². The van der Waals surface area contributed by atoms with Crippen LogP contribution < -0.4 is 0 Å². The van der Waals surface area contributed by atoms with Crippen LogP contribution in [-0.4, -0.2) is 0 Å². The molecule has 0 fully saturated rings. The third-order valence-electron chi connectivity index (χ3n) is 14.0. The molecule has 11 aromatic carbocycles. The highest BCUT2D eigenvalue weighted by atomic mass is 14.4. The SMILES string of the molecule is CC1(c2ccccc2)c2ccccc2-c2cc3ccc(-c4cc(-c5ccccc5)cc(-c5c6c(c(-c7ccccc7)c7ccccc57)-c5cccc7cccc-6c57)c4)cc3cc21. The standard InChI is InChI=1S/C62H40/c1-62(48-23-9-4-10-24-48)55-30-14-13-25-49(55)54-37-43-32-31-42(33-46(43)38-56(54)62)45-34-44(39-17-5-2-6-18-39)35-47(36-45)59-51-27-12-11-26-50(51)58(41-19-7-3-8-20-41)60-52-28-15-21-40-22-16-29-53(57(40)52)61(59)60/h2-38H,1H3. The minimum Gasteiger partial charge on any atom is -0.0622 e. The summed E-state index contributed by atoms with van der Waals surface area (Å²) >= 11 is 0. The average molecular weight is 785 g/mol. The molecule has 0 spiro atoms. The molecule has 288 valence electrons. The molecular weight excluding hydrogens is 745 g/mol. The molecule has 0 N–H and O–H groups in total. The van der Waals surface area contributed by atoms with Crippen molar-refractivity contribution in [3.8, 4) is 77.9 Å². The Kier molecular flexibility index (Phi) is 7.54. The van der Waals surface area contributed by atoms with Gasteiger partial charge in [0.2, 0.25) is 0 Å². The second-order valence-electron chi connectivity index (χ2n) is 17.3. The summed E-state index contributed by atoms with van der Waals surface area (Å²) in [4.78, 5) is 0. The maximum atomic E-state index is 2.48. The van der Waals surface area contributed by atoms with Crippen molar-refractivity contribution in [1.82, 2.24) is 0 Å². The van der Waals surface area contributed by atoms with Crippen LogP contribution in [0, 0.1) is 0 Å². The summed E-state index contributed by atoms with van der Waals surface area (Å²) in [5.41, 5.74) is 21.6. The molecule has 0 radical (unpaired) electrons. The van der Waals surface area contributed by atoms with Gasteiger partial charge in [0.15, 0.2) is 0 Å². The fourth-order valence-corrected chi connectivity index (χ4v) is 11.2. The zero-order chi connectivity index (χ0) is 40.9. The van der Waals surface area contributed by atoms with Crippen molar-refractivity contribution in [2.45, 2.75) is 12.3 Å². The zero-order valence-corrected chi connectivity index (χ0v) is 34.4. The van der Waals surface area contributed by atoms with Crippen molar-refractivity contribution < 1.29 is 0 Å². The maximum Gasteiger partial charge on any atom is 0.0435 e. The minimum atomic E-state index is -0.258. The average Bonchev–Trinajstić information content (AvgIpc) is 3.80. The fraction of sp³-hybridized carbons (Fsp3) is 0.0323. The van der Waals surface area contributed by atoms with Crippen LogP contribution >= 0.6 is 0 Å². The van der Waals surface area contributed by atoms with Crippen LogP contribution in [0.1, 0.15) is 23.6 Å². The molecule has 1 atom stereocenters. The third-order valence-corrected chi connectivity index (χ3v) is 14.0. The Balaban J connectivity index is 1.08. The lowest BCUT2D eigenvalue weighted by Crippen LogP contribution is -2.22. The molecule has 0 saturated carbocycles. The summed E-state index contributed by atoms with van der Waals surface area (Å²) in [6.45, 7) is 2.41. The van der Waals surface area contributed by atoms with E-state index >= 15 is 0 Å². The molecule has 0 nitrogen and oxygen atoms in total. The highest BCUT2D eigenvalue weighted by Gasteiger charge is 2.41. The lowest BCUT2D eigenvalue weighted by molar-refractivity contribution is 0.715. The molecule has 0 aromatic heterocycles. The lowest BCUT2D eigenvalue weighted by atomic mass is 9.74. The van der Waals surface area contributed by atoms with Crippen molar-refractivity contribution in [1.29, 1.82) is 0 Å². The van der Waals surface area contributed by atoms with Gasteiger partial charge in [-0.1, -0.05) is 188 Å². The first-order valence-electron chi connectivity index (χ1n) is 21.7. The van der Waals surface area contributed by atoms with Gasteiger partial charge in [0.1, 0.15) is 0 Å². The van der Waals surface area contributed by atoms with Crippen LogP contribution in [-0.2, 0) is 5.41 Å². The Morgan fingerprint density at radius 3 is 1.52 bits per heavy atom. The first kappa shape index (κ1) is 35.0. The van der Waals surface area contributed by atoms with Gasteiger partial charge < -0.3 is 0 Å². The Labute approximate surface area is 362 Å². The topological polar surface area (TPSA) is 0 Å². The van der Waals surface area contributed by atoms with Crippen LogP contribution in [0.3, 0.4) is 0 Å². The van der Waals surface area contributed by atoms with E-state index in [0.29, 0.717) is 0 Å². The molecule has 2 aliphatic rings. The van der Waals surface area contributed by atoms with Crippen molar-refractivity contribution in [3.63, 3.8) is 0 Å². The highest BCUT2D eigenvalue weighted by Crippen LogP contribution is 2.58. The van der Waals surface area contributed by atoms with Crippen molar-refractivity contribution in [3.05, 3.63) is 241 Å². The van der Waals surface area contributed by atoms with Gasteiger partial charge in [-0.15, -0.1) is 0 Å². The van der Waals surface area contributed by atoms with Crippen LogP contribution in [0.5, 0.6) is 0 Å². The molecule has 0 bridgehead atoms. The largest absolute Gasteiger partial charge is 0.0622 e. The van der Waals surface area contributed by atoms with Crippen molar-refractivity contribution in [2.75, 3.05) is 0 Å². The smallest absolute Gasteiger partial charge is 0.0435 e. The van der Waals surface area contributed by atoms with E-state index in [4.69, 9.17) is 0 Å².